The molecule has 0 saturated carbocycles. The van der Waals surface area contributed by atoms with Crippen molar-refractivity contribution in [2.75, 3.05) is 5.32 Å². The lowest BCUT2D eigenvalue weighted by Gasteiger charge is -2.05. The van der Waals surface area contributed by atoms with Crippen LogP contribution in [-0.2, 0) is 0 Å². The van der Waals surface area contributed by atoms with Gasteiger partial charge in [0.05, 0.1) is 16.0 Å². The van der Waals surface area contributed by atoms with Crippen LogP contribution in [0.15, 0.2) is 65.4 Å². The van der Waals surface area contributed by atoms with Gasteiger partial charge in [0.1, 0.15) is 11.8 Å². The van der Waals surface area contributed by atoms with Gasteiger partial charge >= 0.3 is 0 Å². The Bertz CT molecular complexity index is 1130. The van der Waals surface area contributed by atoms with E-state index >= 15 is 0 Å². The Kier molecular flexibility index (Phi) is 3.39. The number of anilines is 1. The number of non-ortho nitro benzene ring substituents is 1. The Balaban J connectivity index is 1.69. The van der Waals surface area contributed by atoms with E-state index in [2.05, 4.69) is 10.3 Å². The maximum Gasteiger partial charge on any atom is 0.270 e. The van der Waals surface area contributed by atoms with Crippen molar-refractivity contribution in [3.05, 3.63) is 76.7 Å². The monoisotopic (exact) mass is 333 g/mol. The highest BCUT2D eigenvalue weighted by molar-refractivity contribution is 6.12. The van der Waals surface area contributed by atoms with Crippen molar-refractivity contribution in [1.82, 2.24) is 4.98 Å². The van der Waals surface area contributed by atoms with E-state index in [-0.39, 0.29) is 11.3 Å². The van der Waals surface area contributed by atoms with E-state index in [1.165, 1.54) is 24.5 Å². The second kappa shape index (κ2) is 5.72. The van der Waals surface area contributed by atoms with Crippen LogP contribution in [0.1, 0.15) is 10.4 Å². The van der Waals surface area contributed by atoms with Gasteiger partial charge in [0, 0.05) is 34.8 Å². The van der Waals surface area contributed by atoms with Crippen LogP contribution in [0, 0.1) is 10.1 Å². The fraction of sp³-hybridized carbons (Fsp3) is 0. The van der Waals surface area contributed by atoms with Gasteiger partial charge in [-0.1, -0.05) is 6.07 Å². The largest absolute Gasteiger partial charge is 0.463 e. The van der Waals surface area contributed by atoms with Crippen LogP contribution in [0.3, 0.4) is 0 Å². The maximum atomic E-state index is 12.5. The molecule has 0 atom stereocenters. The third-order valence-electron chi connectivity index (χ3n) is 3.87. The van der Waals surface area contributed by atoms with Crippen molar-refractivity contribution in [3.8, 4) is 0 Å². The summed E-state index contributed by atoms with van der Waals surface area (Å²) in [6.07, 6.45) is 3.00. The minimum atomic E-state index is -0.509. The summed E-state index contributed by atoms with van der Waals surface area (Å²) in [6.45, 7) is 0. The van der Waals surface area contributed by atoms with Gasteiger partial charge in [0.25, 0.3) is 11.6 Å². The fourth-order valence-electron chi connectivity index (χ4n) is 2.66. The van der Waals surface area contributed by atoms with Gasteiger partial charge in [0.2, 0.25) is 0 Å². The molecule has 0 saturated heterocycles. The summed E-state index contributed by atoms with van der Waals surface area (Å²) < 4.78 is 5.32. The SMILES string of the molecule is O=C(Nc1ccc2ncccc2c1)c1coc2ccc([N+](=O)[O-])cc12. The summed E-state index contributed by atoms with van der Waals surface area (Å²) in [5, 5.41) is 15.0. The van der Waals surface area contributed by atoms with Crippen molar-refractivity contribution in [2.45, 2.75) is 0 Å². The van der Waals surface area contributed by atoms with E-state index in [1.54, 1.807) is 12.3 Å². The Hall–Kier alpha value is -3.74. The third kappa shape index (κ3) is 2.67. The number of nitro groups is 1. The van der Waals surface area contributed by atoms with Crippen LogP contribution in [0.5, 0.6) is 0 Å². The molecule has 0 aliphatic heterocycles. The van der Waals surface area contributed by atoms with Crippen molar-refractivity contribution < 1.29 is 14.1 Å². The Labute approximate surface area is 141 Å². The number of aromatic nitrogens is 1. The zero-order valence-corrected chi connectivity index (χ0v) is 12.8. The Morgan fingerprint density at radius 1 is 1.16 bits per heavy atom. The van der Waals surface area contributed by atoms with E-state index in [1.807, 2.05) is 24.3 Å². The number of pyridine rings is 1. The van der Waals surface area contributed by atoms with Crippen molar-refractivity contribution >= 4 is 39.2 Å². The molecule has 0 fully saturated rings. The van der Waals surface area contributed by atoms with E-state index in [0.717, 1.165) is 10.9 Å². The number of furan rings is 1. The number of benzene rings is 2. The number of nitrogens with one attached hydrogen (secondary N) is 1. The first-order valence-corrected chi connectivity index (χ1v) is 7.43. The summed E-state index contributed by atoms with van der Waals surface area (Å²) in [4.78, 5) is 27.2. The van der Waals surface area contributed by atoms with Gasteiger partial charge in [0.15, 0.2) is 0 Å². The lowest BCUT2D eigenvalue weighted by atomic mass is 10.1. The Morgan fingerprint density at radius 2 is 2.04 bits per heavy atom. The predicted octanol–water partition coefficient (Wildman–Crippen LogP) is 4.14. The number of hydrogen-bond donors (Lipinski definition) is 1. The quantitative estimate of drug-likeness (QED) is 0.449. The van der Waals surface area contributed by atoms with Crippen LogP contribution in [0.25, 0.3) is 21.9 Å². The number of carbonyl (C=O) groups is 1. The van der Waals surface area contributed by atoms with Gasteiger partial charge in [-0.25, -0.2) is 0 Å². The zero-order valence-electron chi connectivity index (χ0n) is 12.8. The second-order valence-corrected chi connectivity index (χ2v) is 5.45. The average molecular weight is 333 g/mol. The molecule has 0 bridgehead atoms. The predicted molar refractivity (Wildman–Crippen MR) is 92.6 cm³/mol. The van der Waals surface area contributed by atoms with Crippen molar-refractivity contribution in [2.24, 2.45) is 0 Å². The molecule has 0 radical (unpaired) electrons. The number of hydrogen-bond acceptors (Lipinski definition) is 5. The van der Waals surface area contributed by atoms with E-state index in [9.17, 15) is 14.9 Å². The van der Waals surface area contributed by atoms with Gasteiger partial charge in [-0.3, -0.25) is 19.9 Å². The van der Waals surface area contributed by atoms with E-state index in [0.29, 0.717) is 16.7 Å². The van der Waals surface area contributed by atoms with Crippen molar-refractivity contribution in [3.63, 3.8) is 0 Å². The molecule has 4 aromatic rings. The van der Waals surface area contributed by atoms with Crippen molar-refractivity contribution in [1.29, 1.82) is 0 Å². The molecule has 4 rings (SSSR count). The first-order valence-electron chi connectivity index (χ1n) is 7.43. The van der Waals surface area contributed by atoms with E-state index < -0.39 is 10.8 Å². The van der Waals surface area contributed by atoms with Crippen LogP contribution < -0.4 is 5.32 Å². The van der Waals surface area contributed by atoms with Gasteiger partial charge in [-0.2, -0.15) is 0 Å². The molecule has 1 amide bonds. The number of amides is 1. The van der Waals surface area contributed by atoms with Crippen LogP contribution >= 0.6 is 0 Å². The van der Waals surface area contributed by atoms with Gasteiger partial charge in [-0.15, -0.1) is 0 Å². The first kappa shape index (κ1) is 14.8. The molecule has 25 heavy (non-hydrogen) atoms. The van der Waals surface area contributed by atoms with E-state index in [4.69, 9.17) is 4.42 Å². The number of nitrogens with zero attached hydrogens (tertiary/aromatic N) is 2. The topological polar surface area (TPSA) is 98.3 Å². The van der Waals surface area contributed by atoms with Crippen LogP contribution in [-0.4, -0.2) is 15.8 Å². The van der Waals surface area contributed by atoms with Gasteiger partial charge in [-0.05, 0) is 30.3 Å². The molecule has 122 valence electrons. The maximum absolute atomic E-state index is 12.5. The summed E-state index contributed by atoms with van der Waals surface area (Å²) in [7, 11) is 0. The zero-order chi connectivity index (χ0) is 17.4. The lowest BCUT2D eigenvalue weighted by molar-refractivity contribution is -0.384. The summed E-state index contributed by atoms with van der Waals surface area (Å²) in [5.41, 5.74) is 1.98. The highest BCUT2D eigenvalue weighted by atomic mass is 16.6. The molecule has 2 heterocycles. The second-order valence-electron chi connectivity index (χ2n) is 5.45. The highest BCUT2D eigenvalue weighted by Gasteiger charge is 2.17. The first-order chi connectivity index (χ1) is 12.1. The minimum absolute atomic E-state index is 0.0975. The number of rotatable bonds is 3. The molecule has 2 aromatic heterocycles. The number of nitro benzene ring substituents is 1. The fourth-order valence-corrected chi connectivity index (χ4v) is 2.66. The molecule has 1 N–H and O–H groups in total. The molecule has 7 heteroatoms. The smallest absolute Gasteiger partial charge is 0.270 e. The average Bonchev–Trinajstić information content (AvgIpc) is 3.04. The standard InChI is InChI=1S/C18H11N3O4/c22-18(20-12-3-5-16-11(8-12)2-1-7-19-16)15-10-25-17-6-4-13(21(23)24)9-14(15)17/h1-10H,(H,20,22). The summed E-state index contributed by atoms with van der Waals surface area (Å²) in [6, 6.07) is 13.2. The van der Waals surface area contributed by atoms with Crippen LogP contribution in [0.4, 0.5) is 11.4 Å². The molecular formula is C18H11N3O4. The molecule has 0 unspecified atom stereocenters. The molecule has 7 nitrogen and oxygen atoms in total. The summed E-state index contributed by atoms with van der Waals surface area (Å²) in [5.74, 6) is -0.400. The summed E-state index contributed by atoms with van der Waals surface area (Å²) >= 11 is 0. The van der Waals surface area contributed by atoms with Crippen LogP contribution in [0.2, 0.25) is 0 Å². The molecule has 0 aliphatic rings. The lowest BCUT2D eigenvalue weighted by Crippen LogP contribution is -2.11. The normalized spacial score (nSPS) is 10.9. The molecule has 2 aromatic carbocycles. The Morgan fingerprint density at radius 3 is 2.88 bits per heavy atom. The molecular weight excluding hydrogens is 322 g/mol. The molecule has 0 spiro atoms. The molecule has 0 aliphatic carbocycles. The number of carbonyl (C=O) groups excluding carboxylic acids is 1. The van der Waals surface area contributed by atoms with Gasteiger partial charge < -0.3 is 9.73 Å². The number of fused-ring (bicyclic) bond motifs is 2. The highest BCUT2D eigenvalue weighted by Crippen LogP contribution is 2.27. The minimum Gasteiger partial charge on any atom is -0.463 e. The third-order valence-corrected chi connectivity index (χ3v) is 3.87.